The van der Waals surface area contributed by atoms with Gasteiger partial charge in [-0.15, -0.1) is 0 Å². The molecule has 0 bridgehead atoms. The van der Waals surface area contributed by atoms with E-state index < -0.39 is 14.6 Å². The molecule has 0 saturated carbocycles. The number of rotatable bonds is 4. The summed E-state index contributed by atoms with van der Waals surface area (Å²) in [4.78, 5) is 3.00. The highest BCUT2D eigenvalue weighted by atomic mass is 28.4. The molecule has 8 heteroatoms. The second-order valence-electron chi connectivity index (χ2n) is 7.78. The second kappa shape index (κ2) is 7.21. The van der Waals surface area contributed by atoms with Crippen LogP contribution < -0.4 is 0 Å². The van der Waals surface area contributed by atoms with Crippen LogP contribution in [0.5, 0.6) is 0 Å². The minimum Gasteiger partial charge on any atom is -0.452 e. The summed E-state index contributed by atoms with van der Waals surface area (Å²) >= 11 is 0. The van der Waals surface area contributed by atoms with Crippen molar-refractivity contribution in [2.24, 2.45) is 11.0 Å². The van der Waals surface area contributed by atoms with Crippen molar-refractivity contribution in [1.29, 1.82) is 5.41 Å². The lowest BCUT2D eigenvalue weighted by Gasteiger charge is -2.47. The van der Waals surface area contributed by atoms with Gasteiger partial charge in [-0.2, -0.15) is 0 Å². The number of hydrogen-bond acceptors (Lipinski definition) is 5. The third-order valence-electron chi connectivity index (χ3n) is 4.83. The molecule has 0 aromatic rings. The molecule has 1 aliphatic heterocycles. The summed E-state index contributed by atoms with van der Waals surface area (Å²) in [5.41, 5.74) is 8.96. The number of azide groups is 1. The maximum atomic E-state index is 8.96. The molecular weight excluding hydrogens is 312 g/mol. The number of nitrogens with zero attached hydrogens (tertiary/aromatic N) is 3. The van der Waals surface area contributed by atoms with Gasteiger partial charge in [0.2, 0.25) is 6.29 Å². The highest BCUT2D eigenvalue weighted by Crippen LogP contribution is 2.40. The van der Waals surface area contributed by atoms with Crippen LogP contribution in [0.4, 0.5) is 0 Å². The summed E-state index contributed by atoms with van der Waals surface area (Å²) in [6.45, 7) is 16.2. The molecule has 1 unspecified atom stereocenters. The highest BCUT2D eigenvalue weighted by molar-refractivity contribution is 6.74. The lowest BCUT2D eigenvalue weighted by molar-refractivity contribution is -0.215. The van der Waals surface area contributed by atoms with Gasteiger partial charge in [-0.3, -0.25) is 5.41 Å². The van der Waals surface area contributed by atoms with Gasteiger partial charge in [-0.05, 0) is 30.6 Å². The van der Waals surface area contributed by atoms with E-state index >= 15 is 0 Å². The lowest BCUT2D eigenvalue weighted by Crippen LogP contribution is -2.58. The van der Waals surface area contributed by atoms with Crippen LogP contribution in [-0.2, 0) is 13.9 Å². The van der Waals surface area contributed by atoms with Crippen molar-refractivity contribution in [3.05, 3.63) is 10.4 Å². The number of hydrogen-bond donors (Lipinski definition) is 1. The van der Waals surface area contributed by atoms with Gasteiger partial charge in [-0.1, -0.05) is 32.8 Å². The van der Waals surface area contributed by atoms with Crippen molar-refractivity contribution in [1.82, 2.24) is 0 Å². The molecule has 0 aliphatic carbocycles. The zero-order valence-corrected chi connectivity index (χ0v) is 16.5. The second-order valence-corrected chi connectivity index (χ2v) is 12.5. The van der Waals surface area contributed by atoms with Crippen LogP contribution in [0, 0.1) is 11.3 Å². The summed E-state index contributed by atoms with van der Waals surface area (Å²) in [6.07, 6.45) is -1.19. The van der Waals surface area contributed by atoms with Gasteiger partial charge in [0.1, 0.15) is 0 Å². The van der Waals surface area contributed by atoms with Crippen molar-refractivity contribution in [3.63, 3.8) is 0 Å². The van der Waals surface area contributed by atoms with Crippen LogP contribution in [0.25, 0.3) is 10.4 Å². The quantitative estimate of drug-likeness (QED) is 0.204. The molecule has 132 valence electrons. The molecule has 0 amide bonds. The van der Waals surface area contributed by atoms with Crippen molar-refractivity contribution >= 4 is 14.2 Å². The first-order valence-corrected chi connectivity index (χ1v) is 10.9. The van der Waals surface area contributed by atoms with E-state index in [1.807, 2.05) is 13.8 Å². The third-order valence-corrected chi connectivity index (χ3v) is 9.30. The van der Waals surface area contributed by atoms with Gasteiger partial charge >= 0.3 is 0 Å². The first-order valence-electron chi connectivity index (χ1n) is 8.00. The molecule has 23 heavy (non-hydrogen) atoms. The van der Waals surface area contributed by atoms with Gasteiger partial charge < -0.3 is 13.9 Å². The SMILES string of the molecule is CC(=N)OC1O[C@H](C)[C@@H](O[Si](C)(C)C(C)(C)C)[C@H](N=[N+]=[N-])[C@H]1C. The van der Waals surface area contributed by atoms with Gasteiger partial charge in [0, 0.05) is 17.8 Å². The zero-order valence-electron chi connectivity index (χ0n) is 15.5. The molecule has 0 radical (unpaired) electrons. The monoisotopic (exact) mass is 342 g/mol. The molecule has 5 atom stereocenters. The number of ether oxygens (including phenoxy) is 2. The van der Waals surface area contributed by atoms with Crippen LogP contribution in [0.1, 0.15) is 41.5 Å². The van der Waals surface area contributed by atoms with Crippen molar-refractivity contribution < 1.29 is 13.9 Å². The Morgan fingerprint density at radius 3 is 2.30 bits per heavy atom. The Morgan fingerprint density at radius 1 is 1.30 bits per heavy atom. The smallest absolute Gasteiger partial charge is 0.204 e. The fourth-order valence-corrected chi connectivity index (χ4v) is 3.74. The van der Waals surface area contributed by atoms with E-state index in [2.05, 4.69) is 43.9 Å². The zero-order chi connectivity index (χ0) is 18.0. The molecule has 0 spiro atoms. The van der Waals surface area contributed by atoms with Crippen molar-refractivity contribution in [2.45, 2.75) is 84.2 Å². The average Bonchev–Trinajstić information content (AvgIpc) is 2.37. The summed E-state index contributed by atoms with van der Waals surface area (Å²) in [7, 11) is -2.03. The fraction of sp³-hybridized carbons (Fsp3) is 0.933. The Bertz CT molecular complexity index is 486. The summed E-state index contributed by atoms with van der Waals surface area (Å²) in [5.74, 6) is -0.116. The van der Waals surface area contributed by atoms with Crippen LogP contribution >= 0.6 is 0 Å². The lowest BCUT2D eigenvalue weighted by atomic mass is 9.91. The minimum atomic E-state index is -2.03. The average molecular weight is 343 g/mol. The molecule has 1 heterocycles. The predicted octanol–water partition coefficient (Wildman–Crippen LogP) is 4.45. The van der Waals surface area contributed by atoms with E-state index in [-0.39, 0.29) is 35.1 Å². The first-order chi connectivity index (χ1) is 10.4. The molecule has 7 nitrogen and oxygen atoms in total. The predicted molar refractivity (Wildman–Crippen MR) is 93.0 cm³/mol. The Morgan fingerprint density at radius 2 is 1.87 bits per heavy atom. The molecular formula is C15H30N4O3Si. The van der Waals surface area contributed by atoms with Crippen molar-refractivity contribution in [3.8, 4) is 0 Å². The minimum absolute atomic E-state index is 0.0513. The van der Waals surface area contributed by atoms with E-state index in [9.17, 15) is 0 Å². The summed E-state index contributed by atoms with van der Waals surface area (Å²) < 4.78 is 17.8. The molecule has 0 aromatic carbocycles. The first kappa shape index (κ1) is 20.0. The van der Waals surface area contributed by atoms with E-state index in [1.54, 1.807) is 6.92 Å². The van der Waals surface area contributed by atoms with Crippen LogP contribution in [-0.4, -0.2) is 38.8 Å². The van der Waals surface area contributed by atoms with E-state index in [0.717, 1.165) is 0 Å². The maximum Gasteiger partial charge on any atom is 0.204 e. The van der Waals surface area contributed by atoms with Gasteiger partial charge in [0.05, 0.1) is 18.2 Å². The highest BCUT2D eigenvalue weighted by Gasteiger charge is 2.48. The molecule has 1 rings (SSSR count). The van der Waals surface area contributed by atoms with E-state index in [0.29, 0.717) is 0 Å². The summed E-state index contributed by atoms with van der Waals surface area (Å²) in [5, 5.41) is 11.5. The molecule has 1 saturated heterocycles. The van der Waals surface area contributed by atoms with E-state index in [1.165, 1.54) is 0 Å². The number of nitrogens with one attached hydrogen (secondary N) is 1. The molecule has 1 N–H and O–H groups in total. The standard InChI is InChI=1S/C15H30N4O3Si/c1-9-12(18-19-17)13(22-23(7,8)15(4,5)6)10(2)20-14(9)21-11(3)16/h9-10,12-14,16H,1-8H3/t9-,10-,12-,13-,14?/m1/s1. The Kier molecular flexibility index (Phi) is 6.26. The summed E-state index contributed by atoms with van der Waals surface area (Å²) in [6, 6.07) is -0.387. The normalized spacial score (nSPS) is 32.1. The largest absolute Gasteiger partial charge is 0.452 e. The van der Waals surface area contributed by atoms with Crippen LogP contribution in [0.3, 0.4) is 0 Å². The van der Waals surface area contributed by atoms with Crippen LogP contribution in [0.2, 0.25) is 18.1 Å². The molecule has 1 fully saturated rings. The Hall–Kier alpha value is -1.08. The van der Waals surface area contributed by atoms with Gasteiger partial charge in [0.15, 0.2) is 14.2 Å². The molecule has 1 aliphatic rings. The topological polar surface area (TPSA) is 100 Å². The maximum absolute atomic E-state index is 8.96. The van der Waals surface area contributed by atoms with Gasteiger partial charge in [0.25, 0.3) is 0 Å². The Balaban J connectivity index is 3.07. The van der Waals surface area contributed by atoms with Crippen LogP contribution in [0.15, 0.2) is 5.11 Å². The van der Waals surface area contributed by atoms with E-state index in [4.69, 9.17) is 24.8 Å². The third kappa shape index (κ3) is 4.70. The van der Waals surface area contributed by atoms with Gasteiger partial charge in [-0.25, -0.2) is 0 Å². The Labute approximate surface area is 140 Å². The van der Waals surface area contributed by atoms with Crippen molar-refractivity contribution in [2.75, 3.05) is 0 Å². The fourth-order valence-electron chi connectivity index (χ4n) is 2.37. The molecule has 0 aromatic heterocycles.